The third-order valence-electron chi connectivity index (χ3n) is 2.73. The van der Waals surface area contributed by atoms with E-state index in [9.17, 15) is 0 Å². The molecule has 0 spiro atoms. The molecule has 0 radical (unpaired) electrons. The van der Waals surface area contributed by atoms with E-state index in [1.807, 2.05) is 49.4 Å². The number of halogens is 3. The fourth-order valence-electron chi connectivity index (χ4n) is 1.77. The van der Waals surface area contributed by atoms with Crippen molar-refractivity contribution in [1.82, 2.24) is 0 Å². The molecule has 2 rings (SSSR count). The van der Waals surface area contributed by atoms with Crippen LogP contribution < -0.4 is 0 Å². The molecule has 1 unspecified atom stereocenters. The van der Waals surface area contributed by atoms with E-state index in [2.05, 4.69) is 0 Å². The van der Waals surface area contributed by atoms with Crippen molar-refractivity contribution in [2.75, 3.05) is 0 Å². The lowest BCUT2D eigenvalue weighted by atomic mass is 9.95. The van der Waals surface area contributed by atoms with Crippen molar-refractivity contribution in [3.63, 3.8) is 0 Å². The van der Waals surface area contributed by atoms with Crippen molar-refractivity contribution in [3.8, 4) is 0 Å². The average molecular weight is 274 g/mol. The Labute approximate surface area is 110 Å². The first-order chi connectivity index (χ1) is 7.53. The number of fused-ring (bicyclic) bond motifs is 1. The van der Waals surface area contributed by atoms with Gasteiger partial charge in [-0.2, -0.15) is 0 Å². The number of rotatable bonds is 2. The summed E-state index contributed by atoms with van der Waals surface area (Å²) in [4.78, 5) is -1.43. The summed E-state index contributed by atoms with van der Waals surface area (Å²) < 4.78 is 0. The maximum Gasteiger partial charge on any atom is 0.130 e. The van der Waals surface area contributed by atoms with Crippen molar-refractivity contribution in [1.29, 1.82) is 0 Å². The van der Waals surface area contributed by atoms with Gasteiger partial charge in [0.2, 0.25) is 0 Å². The molecule has 0 heterocycles. The van der Waals surface area contributed by atoms with Crippen molar-refractivity contribution < 1.29 is 0 Å². The standard InChI is InChI=1S/C13H11Cl3/c1-13(16,12(14)15)11-8-4-6-9-5-2-3-7-10(9)11/h2-8,12H,1H3. The van der Waals surface area contributed by atoms with Gasteiger partial charge in [-0.15, -0.1) is 34.8 Å². The van der Waals surface area contributed by atoms with Gasteiger partial charge in [-0.3, -0.25) is 0 Å². The van der Waals surface area contributed by atoms with Gasteiger partial charge in [0.1, 0.15) is 4.84 Å². The molecule has 2 aromatic carbocycles. The second-order valence-corrected chi connectivity index (χ2v) is 5.78. The largest absolute Gasteiger partial charge is 0.130 e. The summed E-state index contributed by atoms with van der Waals surface area (Å²) in [6.45, 7) is 1.83. The lowest BCUT2D eigenvalue weighted by Crippen LogP contribution is -2.22. The van der Waals surface area contributed by atoms with Crippen LogP contribution in [0.4, 0.5) is 0 Å². The normalized spacial score (nSPS) is 15.3. The van der Waals surface area contributed by atoms with E-state index in [1.54, 1.807) is 0 Å². The summed E-state index contributed by atoms with van der Waals surface area (Å²) in [7, 11) is 0. The molecule has 84 valence electrons. The van der Waals surface area contributed by atoms with Gasteiger partial charge >= 0.3 is 0 Å². The zero-order valence-corrected chi connectivity index (χ0v) is 11.0. The highest BCUT2D eigenvalue weighted by Gasteiger charge is 2.32. The van der Waals surface area contributed by atoms with Crippen LogP contribution in [0.1, 0.15) is 12.5 Å². The van der Waals surface area contributed by atoms with Crippen LogP contribution in [0.5, 0.6) is 0 Å². The third-order valence-corrected chi connectivity index (χ3v) is 4.24. The van der Waals surface area contributed by atoms with E-state index >= 15 is 0 Å². The van der Waals surface area contributed by atoms with Gasteiger partial charge in [0, 0.05) is 0 Å². The molecule has 0 aliphatic rings. The summed E-state index contributed by atoms with van der Waals surface area (Å²) in [6.07, 6.45) is 0. The third kappa shape index (κ3) is 2.02. The molecule has 0 saturated carbocycles. The van der Waals surface area contributed by atoms with Crippen LogP contribution in [-0.2, 0) is 4.87 Å². The first-order valence-electron chi connectivity index (χ1n) is 4.99. The summed E-state index contributed by atoms with van der Waals surface area (Å²) >= 11 is 18.3. The number of hydrogen-bond donors (Lipinski definition) is 0. The Balaban J connectivity index is 2.70. The Kier molecular flexibility index (Phi) is 3.34. The molecule has 0 saturated heterocycles. The summed E-state index contributed by atoms with van der Waals surface area (Å²) in [5.41, 5.74) is 0.960. The molecule has 16 heavy (non-hydrogen) atoms. The number of hydrogen-bond acceptors (Lipinski definition) is 0. The van der Waals surface area contributed by atoms with E-state index in [1.165, 1.54) is 0 Å². The van der Waals surface area contributed by atoms with Crippen LogP contribution in [-0.4, -0.2) is 4.84 Å². The zero-order chi connectivity index (χ0) is 11.8. The molecule has 0 aromatic heterocycles. The molecule has 0 aliphatic carbocycles. The molecule has 0 nitrogen and oxygen atoms in total. The molecule has 1 atom stereocenters. The summed E-state index contributed by atoms with van der Waals surface area (Å²) in [6, 6.07) is 14.0. The number of alkyl halides is 3. The Morgan fingerprint density at radius 1 is 1.00 bits per heavy atom. The molecule has 0 aliphatic heterocycles. The Bertz CT molecular complexity index is 498. The van der Waals surface area contributed by atoms with Gasteiger partial charge in [0.05, 0.1) is 4.87 Å². The Morgan fingerprint density at radius 3 is 2.31 bits per heavy atom. The fourth-order valence-corrected chi connectivity index (χ4v) is 2.17. The molecular formula is C13H11Cl3. The molecule has 2 aromatic rings. The van der Waals surface area contributed by atoms with Gasteiger partial charge < -0.3 is 0 Å². The molecule has 3 heteroatoms. The summed E-state index contributed by atoms with van der Waals surface area (Å²) in [5, 5.41) is 2.23. The highest BCUT2D eigenvalue weighted by atomic mass is 35.5. The molecule has 0 amide bonds. The molecule has 0 bridgehead atoms. The Hall–Kier alpha value is -0.430. The van der Waals surface area contributed by atoms with Gasteiger partial charge in [-0.05, 0) is 23.3 Å². The average Bonchev–Trinajstić information content (AvgIpc) is 2.28. The van der Waals surface area contributed by atoms with Gasteiger partial charge in [-0.1, -0.05) is 42.5 Å². The van der Waals surface area contributed by atoms with Crippen LogP contribution >= 0.6 is 34.8 Å². The predicted octanol–water partition coefficient (Wildman–Crippen LogP) is 5.10. The van der Waals surface area contributed by atoms with Gasteiger partial charge in [0.15, 0.2) is 0 Å². The van der Waals surface area contributed by atoms with E-state index in [0.29, 0.717) is 0 Å². The highest BCUT2D eigenvalue weighted by Crippen LogP contribution is 2.40. The predicted molar refractivity (Wildman–Crippen MR) is 72.6 cm³/mol. The van der Waals surface area contributed by atoms with Gasteiger partial charge in [-0.25, -0.2) is 0 Å². The van der Waals surface area contributed by atoms with E-state index < -0.39 is 9.71 Å². The van der Waals surface area contributed by atoms with Crippen molar-refractivity contribution in [2.45, 2.75) is 16.6 Å². The van der Waals surface area contributed by atoms with Crippen molar-refractivity contribution in [2.24, 2.45) is 0 Å². The smallest absolute Gasteiger partial charge is 0.111 e. The lowest BCUT2D eigenvalue weighted by Gasteiger charge is -2.25. The summed E-state index contributed by atoms with van der Waals surface area (Å²) in [5.74, 6) is 0. The minimum absolute atomic E-state index is 0.653. The van der Waals surface area contributed by atoms with Crippen molar-refractivity contribution >= 4 is 45.6 Å². The van der Waals surface area contributed by atoms with Crippen LogP contribution in [0.2, 0.25) is 0 Å². The van der Waals surface area contributed by atoms with E-state index in [-0.39, 0.29) is 0 Å². The second kappa shape index (κ2) is 4.44. The van der Waals surface area contributed by atoms with Crippen LogP contribution in [0.25, 0.3) is 10.8 Å². The van der Waals surface area contributed by atoms with E-state index in [4.69, 9.17) is 34.8 Å². The SMILES string of the molecule is CC(Cl)(c1cccc2ccccc12)C(Cl)Cl. The molecule has 0 fully saturated rings. The quantitative estimate of drug-likeness (QED) is 0.668. The minimum atomic E-state index is -0.774. The Morgan fingerprint density at radius 2 is 1.62 bits per heavy atom. The molecular weight excluding hydrogens is 263 g/mol. The maximum atomic E-state index is 6.41. The first-order valence-corrected chi connectivity index (χ1v) is 6.24. The zero-order valence-electron chi connectivity index (χ0n) is 8.75. The second-order valence-electron chi connectivity index (χ2n) is 3.90. The van der Waals surface area contributed by atoms with Gasteiger partial charge in [0.25, 0.3) is 0 Å². The van der Waals surface area contributed by atoms with Crippen molar-refractivity contribution in [3.05, 3.63) is 48.0 Å². The van der Waals surface area contributed by atoms with Crippen LogP contribution in [0, 0.1) is 0 Å². The highest BCUT2D eigenvalue weighted by molar-refractivity contribution is 6.49. The van der Waals surface area contributed by atoms with E-state index in [0.717, 1.165) is 16.3 Å². The fraction of sp³-hybridized carbons (Fsp3) is 0.231. The minimum Gasteiger partial charge on any atom is -0.111 e. The van der Waals surface area contributed by atoms with Crippen LogP contribution in [0.15, 0.2) is 42.5 Å². The maximum absolute atomic E-state index is 6.41. The molecule has 0 N–H and O–H groups in total. The first kappa shape index (κ1) is 12.0. The topological polar surface area (TPSA) is 0 Å². The monoisotopic (exact) mass is 272 g/mol. The number of benzene rings is 2. The van der Waals surface area contributed by atoms with Crippen LogP contribution in [0.3, 0.4) is 0 Å². The lowest BCUT2D eigenvalue weighted by molar-refractivity contribution is 0.744.